The van der Waals surface area contributed by atoms with Crippen LogP contribution < -0.4 is 5.73 Å². The van der Waals surface area contributed by atoms with Crippen molar-refractivity contribution in [3.05, 3.63) is 29.3 Å². The molecule has 2 N–H and O–H groups in total. The molecule has 5 nitrogen and oxygen atoms in total. The number of rotatable bonds is 3. The first-order valence-corrected chi connectivity index (χ1v) is 8.10. The highest BCUT2D eigenvalue weighted by Gasteiger charge is 2.33. The minimum atomic E-state index is -3.99. The maximum Gasteiger partial charge on any atom is 0.246 e. The molecule has 1 aliphatic rings. The molecule has 1 aliphatic heterocycles. The third-order valence-corrected chi connectivity index (χ3v) is 5.78. The molecule has 1 unspecified atom stereocenters. The van der Waals surface area contributed by atoms with Crippen molar-refractivity contribution in [1.82, 2.24) is 9.21 Å². The van der Waals surface area contributed by atoms with Crippen LogP contribution in [0.4, 0.5) is 8.78 Å². The molecule has 118 valence electrons. The predicted molar refractivity (Wildman–Crippen MR) is 75.1 cm³/mol. The van der Waals surface area contributed by atoms with Crippen LogP contribution in [0, 0.1) is 11.6 Å². The molecule has 21 heavy (non-hydrogen) atoms. The normalized spacial score (nSPS) is 21.7. The topological polar surface area (TPSA) is 66.6 Å². The van der Waals surface area contributed by atoms with Crippen LogP contribution in [-0.2, 0) is 16.6 Å². The fourth-order valence-corrected chi connectivity index (χ4v) is 3.94. The summed E-state index contributed by atoms with van der Waals surface area (Å²) in [5, 5.41) is 0. The van der Waals surface area contributed by atoms with Gasteiger partial charge in [0.25, 0.3) is 0 Å². The maximum absolute atomic E-state index is 14.2. The zero-order valence-corrected chi connectivity index (χ0v) is 12.8. The van der Waals surface area contributed by atoms with E-state index in [0.717, 1.165) is 12.1 Å². The summed E-state index contributed by atoms with van der Waals surface area (Å²) in [7, 11) is -2.09. The number of hydrogen-bond acceptors (Lipinski definition) is 4. The van der Waals surface area contributed by atoms with Gasteiger partial charge >= 0.3 is 0 Å². The Morgan fingerprint density at radius 3 is 2.57 bits per heavy atom. The number of likely N-dealkylation sites (N-methyl/N-ethyl adjacent to an activating group) is 1. The Morgan fingerprint density at radius 1 is 1.33 bits per heavy atom. The predicted octanol–water partition coefficient (Wildman–Crippen LogP) is 0.748. The number of nitrogens with zero attached hydrogens (tertiary/aromatic N) is 2. The van der Waals surface area contributed by atoms with Gasteiger partial charge in [-0.1, -0.05) is 0 Å². The van der Waals surface area contributed by atoms with Gasteiger partial charge in [-0.15, -0.1) is 0 Å². The van der Waals surface area contributed by atoms with Crippen molar-refractivity contribution in [2.75, 3.05) is 26.7 Å². The lowest BCUT2D eigenvalue weighted by molar-refractivity contribution is 0.159. The SMILES string of the molecule is CC1CN(S(=O)(=O)c2ccc(F)c(CN)c2F)CCN1C. The second kappa shape index (κ2) is 5.96. The molecule has 0 saturated carbocycles. The second-order valence-electron chi connectivity index (χ2n) is 5.23. The molecular weight excluding hydrogens is 300 g/mol. The Balaban J connectivity index is 2.41. The van der Waals surface area contributed by atoms with E-state index in [0.29, 0.717) is 6.54 Å². The zero-order valence-electron chi connectivity index (χ0n) is 12.0. The van der Waals surface area contributed by atoms with Gasteiger partial charge in [0.15, 0.2) is 5.82 Å². The summed E-state index contributed by atoms with van der Waals surface area (Å²) < 4.78 is 54.0. The van der Waals surface area contributed by atoms with Gasteiger partial charge in [0, 0.05) is 37.8 Å². The van der Waals surface area contributed by atoms with Crippen molar-refractivity contribution >= 4 is 10.0 Å². The quantitative estimate of drug-likeness (QED) is 0.893. The van der Waals surface area contributed by atoms with E-state index in [9.17, 15) is 17.2 Å². The van der Waals surface area contributed by atoms with Gasteiger partial charge in [0.2, 0.25) is 10.0 Å². The minimum Gasteiger partial charge on any atom is -0.326 e. The van der Waals surface area contributed by atoms with E-state index in [1.165, 1.54) is 4.31 Å². The Morgan fingerprint density at radius 2 is 2.00 bits per heavy atom. The van der Waals surface area contributed by atoms with Crippen LogP contribution in [0.3, 0.4) is 0 Å². The van der Waals surface area contributed by atoms with Gasteiger partial charge in [0.1, 0.15) is 10.7 Å². The van der Waals surface area contributed by atoms with Crippen LogP contribution in [0.5, 0.6) is 0 Å². The Hall–Kier alpha value is -1.09. The van der Waals surface area contributed by atoms with Gasteiger partial charge in [0.05, 0.1) is 0 Å². The van der Waals surface area contributed by atoms with Crippen LogP contribution in [0.25, 0.3) is 0 Å². The van der Waals surface area contributed by atoms with Crippen LogP contribution in [0.15, 0.2) is 17.0 Å². The molecule has 1 atom stereocenters. The van der Waals surface area contributed by atoms with Crippen molar-refractivity contribution in [2.45, 2.75) is 24.4 Å². The monoisotopic (exact) mass is 319 g/mol. The van der Waals surface area contributed by atoms with Gasteiger partial charge in [-0.25, -0.2) is 17.2 Å². The molecule has 1 aromatic carbocycles. The number of piperazine rings is 1. The maximum atomic E-state index is 14.2. The molecule has 0 aliphatic carbocycles. The van der Waals surface area contributed by atoms with Gasteiger partial charge in [-0.3, -0.25) is 0 Å². The highest BCUT2D eigenvalue weighted by Crippen LogP contribution is 2.25. The van der Waals surface area contributed by atoms with Crippen molar-refractivity contribution in [3.8, 4) is 0 Å². The summed E-state index contributed by atoms with van der Waals surface area (Å²) in [5.74, 6) is -1.93. The molecule has 8 heteroatoms. The van der Waals surface area contributed by atoms with Crippen LogP contribution >= 0.6 is 0 Å². The zero-order chi connectivity index (χ0) is 15.8. The van der Waals surface area contributed by atoms with Crippen molar-refractivity contribution in [2.24, 2.45) is 5.73 Å². The highest BCUT2D eigenvalue weighted by atomic mass is 32.2. The number of sulfonamides is 1. The first-order chi connectivity index (χ1) is 9.78. The smallest absolute Gasteiger partial charge is 0.246 e. The molecule has 1 fully saturated rings. The second-order valence-corrected chi connectivity index (χ2v) is 7.14. The molecule has 2 rings (SSSR count). The van der Waals surface area contributed by atoms with Crippen LogP contribution in [-0.4, -0.2) is 50.3 Å². The summed E-state index contributed by atoms with van der Waals surface area (Å²) in [6, 6.07) is 1.94. The lowest BCUT2D eigenvalue weighted by Crippen LogP contribution is -2.52. The molecule has 0 spiro atoms. The van der Waals surface area contributed by atoms with Crippen LogP contribution in [0.1, 0.15) is 12.5 Å². The van der Waals surface area contributed by atoms with E-state index < -0.39 is 32.1 Å². The summed E-state index contributed by atoms with van der Waals surface area (Å²) in [4.78, 5) is 1.51. The summed E-state index contributed by atoms with van der Waals surface area (Å²) in [6.45, 7) is 2.62. The number of benzene rings is 1. The highest BCUT2D eigenvalue weighted by molar-refractivity contribution is 7.89. The number of nitrogens with two attached hydrogens (primary N) is 1. The molecule has 1 heterocycles. The molecular formula is C13H19F2N3O2S. The largest absolute Gasteiger partial charge is 0.326 e. The fraction of sp³-hybridized carbons (Fsp3) is 0.538. The molecule has 0 amide bonds. The molecule has 1 aromatic rings. The van der Waals surface area contributed by atoms with E-state index in [1.807, 2.05) is 18.9 Å². The van der Waals surface area contributed by atoms with E-state index in [4.69, 9.17) is 5.73 Å². The van der Waals surface area contributed by atoms with Crippen LogP contribution in [0.2, 0.25) is 0 Å². The number of halogens is 2. The minimum absolute atomic E-state index is 0.0333. The molecule has 1 saturated heterocycles. The van der Waals surface area contributed by atoms with E-state index in [1.54, 1.807) is 0 Å². The standard InChI is InChI=1S/C13H19F2N3O2S/c1-9-8-18(6-5-17(9)2)21(19,20)12-4-3-11(14)10(7-16)13(12)15/h3-4,9H,5-8,16H2,1-2H3. The average molecular weight is 319 g/mol. The summed E-state index contributed by atoms with van der Waals surface area (Å²) >= 11 is 0. The number of hydrogen-bond donors (Lipinski definition) is 1. The van der Waals surface area contributed by atoms with E-state index in [2.05, 4.69) is 0 Å². The van der Waals surface area contributed by atoms with Crippen molar-refractivity contribution < 1.29 is 17.2 Å². The van der Waals surface area contributed by atoms with Crippen molar-refractivity contribution in [1.29, 1.82) is 0 Å². The molecule has 0 bridgehead atoms. The Kier molecular flexibility index (Phi) is 4.62. The lowest BCUT2D eigenvalue weighted by atomic mass is 10.2. The average Bonchev–Trinajstić information content (AvgIpc) is 2.42. The van der Waals surface area contributed by atoms with Gasteiger partial charge in [-0.2, -0.15) is 4.31 Å². The van der Waals surface area contributed by atoms with Gasteiger partial charge < -0.3 is 10.6 Å². The third kappa shape index (κ3) is 2.94. The summed E-state index contributed by atoms with van der Waals surface area (Å²) in [6.07, 6.45) is 0. The molecule has 0 aromatic heterocycles. The fourth-order valence-electron chi connectivity index (χ4n) is 2.33. The van der Waals surface area contributed by atoms with Crippen molar-refractivity contribution in [3.63, 3.8) is 0 Å². The first-order valence-electron chi connectivity index (χ1n) is 6.66. The Bertz CT molecular complexity index is 637. The third-order valence-electron chi connectivity index (χ3n) is 3.89. The Labute approximate surface area is 123 Å². The van der Waals surface area contributed by atoms with E-state index >= 15 is 0 Å². The summed E-state index contributed by atoms with van der Waals surface area (Å²) in [5.41, 5.74) is 4.88. The lowest BCUT2D eigenvalue weighted by Gasteiger charge is -2.36. The molecule has 0 radical (unpaired) electrons. The van der Waals surface area contributed by atoms with E-state index in [-0.39, 0.29) is 25.7 Å². The van der Waals surface area contributed by atoms with Gasteiger partial charge in [-0.05, 0) is 26.1 Å². The first kappa shape index (κ1) is 16.3.